The number of ketones is 1. The number of hydrogen-bond donors (Lipinski definition) is 0. The molecule has 8 nitrogen and oxygen atoms in total. The first-order valence-electron chi connectivity index (χ1n) is 15.5. The summed E-state index contributed by atoms with van der Waals surface area (Å²) < 4.78 is 54.9. The molecule has 3 aromatic rings. The highest BCUT2D eigenvalue weighted by atomic mass is 19.1. The van der Waals surface area contributed by atoms with Gasteiger partial charge >= 0.3 is 11.9 Å². The van der Waals surface area contributed by atoms with Crippen molar-refractivity contribution in [2.75, 3.05) is 18.0 Å². The third kappa shape index (κ3) is 7.40. The molecule has 0 saturated carbocycles. The molecule has 1 unspecified atom stereocenters. The fourth-order valence-corrected chi connectivity index (χ4v) is 6.57. The maximum atomic E-state index is 14.8. The van der Waals surface area contributed by atoms with Crippen molar-refractivity contribution >= 4 is 23.4 Å². The van der Waals surface area contributed by atoms with Crippen LogP contribution in [-0.4, -0.2) is 46.4 Å². The Bertz CT molecular complexity index is 1650. The van der Waals surface area contributed by atoms with E-state index < -0.39 is 52.2 Å². The summed E-state index contributed by atoms with van der Waals surface area (Å²) in [5.74, 6) is -3.94. The van der Waals surface area contributed by atoms with Crippen LogP contribution in [0.1, 0.15) is 87.3 Å². The molecule has 244 valence electrons. The summed E-state index contributed by atoms with van der Waals surface area (Å²) in [6.45, 7) is 10.1. The fourth-order valence-electron chi connectivity index (χ4n) is 6.57. The van der Waals surface area contributed by atoms with Crippen LogP contribution in [0.25, 0.3) is 11.3 Å². The quantitative estimate of drug-likeness (QED) is 0.198. The number of ether oxygens (including phenoxy) is 2. The number of benzene rings is 1. The molecule has 11 heteroatoms. The number of nitrogens with zero attached hydrogens (tertiary/aromatic N) is 3. The number of esters is 2. The third-order valence-electron chi connectivity index (χ3n) is 8.15. The van der Waals surface area contributed by atoms with E-state index in [4.69, 9.17) is 9.47 Å². The van der Waals surface area contributed by atoms with Crippen LogP contribution >= 0.6 is 0 Å². The van der Waals surface area contributed by atoms with Crippen molar-refractivity contribution < 1.29 is 37.0 Å². The van der Waals surface area contributed by atoms with Gasteiger partial charge in [-0.25, -0.2) is 18.2 Å². The van der Waals surface area contributed by atoms with Gasteiger partial charge in [0.25, 0.3) is 0 Å². The number of aromatic nitrogens is 2. The summed E-state index contributed by atoms with van der Waals surface area (Å²) in [6, 6.07) is 5.32. The van der Waals surface area contributed by atoms with Gasteiger partial charge in [-0.15, -0.1) is 0 Å². The summed E-state index contributed by atoms with van der Waals surface area (Å²) in [4.78, 5) is 49.1. The van der Waals surface area contributed by atoms with Crippen molar-refractivity contribution in [3.8, 4) is 11.3 Å². The first-order chi connectivity index (χ1) is 21.7. The maximum Gasteiger partial charge on any atom is 0.306 e. The average molecular weight is 638 g/mol. The van der Waals surface area contributed by atoms with E-state index in [0.717, 1.165) is 41.9 Å². The van der Waals surface area contributed by atoms with Crippen LogP contribution in [0.3, 0.4) is 0 Å². The van der Waals surface area contributed by atoms with Gasteiger partial charge in [0.1, 0.15) is 40.5 Å². The smallest absolute Gasteiger partial charge is 0.306 e. The molecule has 5 rings (SSSR count). The lowest BCUT2D eigenvalue weighted by Crippen LogP contribution is -2.42. The molecular weight excluding hydrogens is 599 g/mol. The number of rotatable bonds is 8. The standard InChI is InChI=1S/C35H38F3N3O5/c1-19-13-21(14-30(44)46-35(3,4)5)18-41(17-19)34-22(16-39-32-23(34)9-12-29(32)45-20(2)42)15-28(43)27-11-10-26(38)33(40-27)31-24(36)7-6-8-25(31)37/h6-8,10-11,16,19,21,29H,9,12-15,17-18H2,1-5H3/t19-,21-,29?/m1/s1. The molecule has 0 N–H and O–H groups in total. The summed E-state index contributed by atoms with van der Waals surface area (Å²) >= 11 is 0. The van der Waals surface area contributed by atoms with E-state index in [0.29, 0.717) is 37.2 Å². The molecular formula is C35H38F3N3O5. The molecule has 2 aromatic heterocycles. The van der Waals surface area contributed by atoms with E-state index in [-0.39, 0.29) is 36.3 Å². The van der Waals surface area contributed by atoms with Gasteiger partial charge in [-0.2, -0.15) is 0 Å². The molecule has 0 amide bonds. The zero-order valence-electron chi connectivity index (χ0n) is 26.7. The monoisotopic (exact) mass is 637 g/mol. The number of anilines is 1. The van der Waals surface area contributed by atoms with Crippen LogP contribution in [0.15, 0.2) is 36.5 Å². The van der Waals surface area contributed by atoms with Crippen LogP contribution in [-0.2, 0) is 31.9 Å². The minimum atomic E-state index is -0.997. The number of piperidine rings is 1. The van der Waals surface area contributed by atoms with Crippen molar-refractivity contribution in [3.05, 3.63) is 76.5 Å². The van der Waals surface area contributed by atoms with Crippen LogP contribution in [0.2, 0.25) is 0 Å². The van der Waals surface area contributed by atoms with Gasteiger partial charge in [0.2, 0.25) is 0 Å². The summed E-state index contributed by atoms with van der Waals surface area (Å²) in [5.41, 5.74) is 0.867. The first-order valence-corrected chi connectivity index (χ1v) is 15.5. The Balaban J connectivity index is 1.50. The summed E-state index contributed by atoms with van der Waals surface area (Å²) in [7, 11) is 0. The topological polar surface area (TPSA) is 98.7 Å². The van der Waals surface area contributed by atoms with Crippen LogP contribution < -0.4 is 4.90 Å². The molecule has 46 heavy (non-hydrogen) atoms. The van der Waals surface area contributed by atoms with E-state index in [9.17, 15) is 27.6 Å². The van der Waals surface area contributed by atoms with E-state index in [1.807, 2.05) is 20.8 Å². The fraction of sp³-hybridized carbons (Fsp3) is 0.457. The second-order valence-electron chi connectivity index (χ2n) is 13.3. The maximum absolute atomic E-state index is 14.8. The Hall–Kier alpha value is -4.28. The minimum absolute atomic E-state index is 0.00590. The zero-order valence-corrected chi connectivity index (χ0v) is 26.7. The number of carbonyl (C=O) groups excluding carboxylic acids is 3. The van der Waals surface area contributed by atoms with Gasteiger partial charge in [0, 0.05) is 49.4 Å². The SMILES string of the molecule is CC(=O)OC1CCc2c1ncc(CC(=O)c1ccc(F)c(-c3c(F)cccc3F)n1)c2N1C[C@H](C)C[C@H](CC(=O)OC(C)(C)C)C1. The largest absolute Gasteiger partial charge is 0.460 e. The zero-order chi connectivity index (χ0) is 33.3. The van der Waals surface area contributed by atoms with Gasteiger partial charge < -0.3 is 14.4 Å². The number of Topliss-reactive ketones (excluding diaryl/α,β-unsaturated/α-hetero) is 1. The lowest BCUT2D eigenvalue weighted by atomic mass is 9.87. The number of carbonyl (C=O) groups is 3. The van der Waals surface area contributed by atoms with E-state index in [1.54, 1.807) is 6.20 Å². The Labute approximate surface area is 266 Å². The summed E-state index contributed by atoms with van der Waals surface area (Å²) in [5, 5.41) is 0. The minimum Gasteiger partial charge on any atom is -0.460 e. The highest BCUT2D eigenvalue weighted by Crippen LogP contribution is 2.42. The highest BCUT2D eigenvalue weighted by molar-refractivity contribution is 5.97. The molecule has 1 aliphatic carbocycles. The number of halogens is 3. The van der Waals surface area contributed by atoms with Gasteiger partial charge in [-0.05, 0) is 76.1 Å². The number of fused-ring (bicyclic) bond motifs is 1. The third-order valence-corrected chi connectivity index (χ3v) is 8.15. The van der Waals surface area contributed by atoms with Crippen molar-refractivity contribution in [1.29, 1.82) is 0 Å². The van der Waals surface area contributed by atoms with Crippen LogP contribution in [0, 0.1) is 29.3 Å². The van der Waals surface area contributed by atoms with Gasteiger partial charge in [-0.1, -0.05) is 13.0 Å². The normalized spacial score (nSPS) is 19.5. The van der Waals surface area contributed by atoms with Crippen molar-refractivity contribution in [2.24, 2.45) is 11.8 Å². The molecule has 1 fully saturated rings. The second kappa shape index (κ2) is 13.2. The van der Waals surface area contributed by atoms with E-state index in [2.05, 4.69) is 21.8 Å². The van der Waals surface area contributed by atoms with Crippen LogP contribution in [0.5, 0.6) is 0 Å². The Morgan fingerprint density at radius 2 is 1.74 bits per heavy atom. The molecule has 1 saturated heterocycles. The van der Waals surface area contributed by atoms with Gasteiger partial charge in [0.05, 0.1) is 17.7 Å². The predicted molar refractivity (Wildman–Crippen MR) is 165 cm³/mol. The molecule has 3 atom stereocenters. The second-order valence-corrected chi connectivity index (χ2v) is 13.3. The molecule has 0 bridgehead atoms. The lowest BCUT2D eigenvalue weighted by Gasteiger charge is -2.39. The first kappa shape index (κ1) is 33.1. The Kier molecular flexibility index (Phi) is 9.51. The van der Waals surface area contributed by atoms with Crippen molar-refractivity contribution in [2.45, 2.75) is 78.4 Å². The number of hydrogen-bond acceptors (Lipinski definition) is 8. The predicted octanol–water partition coefficient (Wildman–Crippen LogP) is 6.73. The number of pyridine rings is 2. The Morgan fingerprint density at radius 3 is 2.41 bits per heavy atom. The average Bonchev–Trinajstić information content (AvgIpc) is 3.34. The highest BCUT2D eigenvalue weighted by Gasteiger charge is 2.36. The van der Waals surface area contributed by atoms with E-state index >= 15 is 0 Å². The molecule has 1 aliphatic heterocycles. The molecule has 1 aromatic carbocycles. The molecule has 0 spiro atoms. The molecule has 2 aliphatic rings. The Morgan fingerprint density at radius 1 is 1.02 bits per heavy atom. The van der Waals surface area contributed by atoms with E-state index in [1.165, 1.54) is 13.0 Å². The van der Waals surface area contributed by atoms with Gasteiger partial charge in [-0.3, -0.25) is 19.4 Å². The van der Waals surface area contributed by atoms with Crippen molar-refractivity contribution in [3.63, 3.8) is 0 Å². The van der Waals surface area contributed by atoms with Crippen LogP contribution in [0.4, 0.5) is 18.9 Å². The van der Waals surface area contributed by atoms with Crippen molar-refractivity contribution in [1.82, 2.24) is 9.97 Å². The lowest BCUT2D eigenvalue weighted by molar-refractivity contribution is -0.156. The summed E-state index contributed by atoms with van der Waals surface area (Å²) in [6.07, 6.45) is 3.04. The molecule has 3 heterocycles. The van der Waals surface area contributed by atoms with Gasteiger partial charge in [0.15, 0.2) is 5.78 Å². The molecule has 0 radical (unpaired) electrons.